The lowest BCUT2D eigenvalue weighted by atomic mass is 10.3. The quantitative estimate of drug-likeness (QED) is 0.694. The average Bonchev–Trinajstić information content (AvgIpc) is 3.02. The van der Waals surface area contributed by atoms with Crippen molar-refractivity contribution in [3.8, 4) is 0 Å². The van der Waals surface area contributed by atoms with Crippen molar-refractivity contribution in [2.24, 2.45) is 0 Å². The molecule has 0 saturated heterocycles. The normalized spacial score (nSPS) is 10.6. The van der Waals surface area contributed by atoms with Crippen molar-refractivity contribution in [1.29, 1.82) is 0 Å². The van der Waals surface area contributed by atoms with Gasteiger partial charge in [-0.2, -0.15) is 0 Å². The van der Waals surface area contributed by atoms with Crippen molar-refractivity contribution in [3.05, 3.63) is 30.6 Å². The van der Waals surface area contributed by atoms with Crippen LogP contribution in [0.2, 0.25) is 0 Å². The largest absolute Gasteiger partial charge is 0.370 e. The van der Waals surface area contributed by atoms with E-state index in [0.29, 0.717) is 0 Å². The van der Waals surface area contributed by atoms with Crippen LogP contribution in [0.1, 0.15) is 32.5 Å². The molecule has 21 heavy (non-hydrogen) atoms. The first-order valence-electron chi connectivity index (χ1n) is 7.63. The van der Waals surface area contributed by atoms with Gasteiger partial charge < -0.3 is 15.2 Å². The zero-order chi connectivity index (χ0) is 14.9. The Balaban J connectivity index is 1.85. The third kappa shape index (κ3) is 5.06. The molecule has 114 valence electrons. The molecule has 6 nitrogen and oxygen atoms in total. The highest BCUT2D eigenvalue weighted by Gasteiger charge is 2.03. The van der Waals surface area contributed by atoms with Gasteiger partial charge in [0.05, 0.1) is 6.33 Å². The predicted molar refractivity (Wildman–Crippen MR) is 85.5 cm³/mol. The minimum absolute atomic E-state index is 0.839. The summed E-state index contributed by atoms with van der Waals surface area (Å²) in [6.45, 7) is 6.98. The molecule has 2 aromatic heterocycles. The van der Waals surface area contributed by atoms with Crippen LogP contribution < -0.4 is 10.6 Å². The lowest BCUT2D eigenvalue weighted by Gasteiger charge is -2.10. The summed E-state index contributed by atoms with van der Waals surface area (Å²) in [6, 6.07) is 1.98. The van der Waals surface area contributed by atoms with E-state index < -0.39 is 0 Å². The Bertz CT molecular complexity index is 523. The molecule has 0 fully saturated rings. The third-order valence-electron chi connectivity index (χ3n) is 3.10. The molecule has 0 aromatic carbocycles. The van der Waals surface area contributed by atoms with E-state index in [2.05, 4.69) is 44.0 Å². The predicted octanol–water partition coefficient (Wildman–Crippen LogP) is 2.56. The summed E-state index contributed by atoms with van der Waals surface area (Å²) >= 11 is 0. The molecule has 0 bridgehead atoms. The van der Waals surface area contributed by atoms with Crippen LogP contribution in [0.4, 0.5) is 11.6 Å². The molecule has 0 radical (unpaired) electrons. The second-order valence-electron chi connectivity index (χ2n) is 4.92. The Morgan fingerprint density at radius 1 is 1.10 bits per heavy atom. The van der Waals surface area contributed by atoms with Gasteiger partial charge in [-0.1, -0.05) is 13.8 Å². The summed E-state index contributed by atoms with van der Waals surface area (Å²) in [7, 11) is 0. The molecule has 2 heterocycles. The maximum atomic E-state index is 4.51. The van der Waals surface area contributed by atoms with Gasteiger partial charge in [-0.3, -0.25) is 0 Å². The van der Waals surface area contributed by atoms with Crippen molar-refractivity contribution in [1.82, 2.24) is 19.5 Å². The molecule has 0 aliphatic rings. The molecule has 0 aliphatic carbocycles. The van der Waals surface area contributed by atoms with Crippen LogP contribution in [-0.4, -0.2) is 32.6 Å². The van der Waals surface area contributed by atoms with Crippen LogP contribution in [0, 0.1) is 0 Å². The number of aryl methyl sites for hydroxylation is 2. The Morgan fingerprint density at radius 3 is 2.48 bits per heavy atom. The molecule has 2 N–H and O–H groups in total. The number of rotatable bonds is 9. The van der Waals surface area contributed by atoms with Crippen molar-refractivity contribution in [2.75, 3.05) is 23.7 Å². The molecular formula is C15H24N6. The minimum Gasteiger partial charge on any atom is -0.370 e. The molecule has 0 amide bonds. The van der Waals surface area contributed by atoms with Gasteiger partial charge in [0.2, 0.25) is 0 Å². The van der Waals surface area contributed by atoms with Gasteiger partial charge in [-0.05, 0) is 12.8 Å². The lowest BCUT2D eigenvalue weighted by molar-refractivity contribution is 0.660. The zero-order valence-electron chi connectivity index (χ0n) is 12.8. The van der Waals surface area contributed by atoms with E-state index in [1.807, 2.05) is 18.6 Å². The maximum Gasteiger partial charge on any atom is 0.132 e. The summed E-state index contributed by atoms with van der Waals surface area (Å²) < 4.78 is 2.08. The average molecular weight is 288 g/mol. The topological polar surface area (TPSA) is 67.7 Å². The Hall–Kier alpha value is -2.11. The van der Waals surface area contributed by atoms with Crippen molar-refractivity contribution in [3.63, 3.8) is 0 Å². The molecule has 2 rings (SSSR count). The van der Waals surface area contributed by atoms with Gasteiger partial charge in [0, 0.05) is 44.5 Å². The molecule has 0 aliphatic heterocycles. The third-order valence-corrected chi connectivity index (χ3v) is 3.10. The summed E-state index contributed by atoms with van der Waals surface area (Å²) in [5, 5.41) is 6.69. The summed E-state index contributed by atoms with van der Waals surface area (Å²) in [4.78, 5) is 13.0. The number of anilines is 2. The first kappa shape index (κ1) is 15.3. The van der Waals surface area contributed by atoms with E-state index >= 15 is 0 Å². The van der Waals surface area contributed by atoms with Crippen molar-refractivity contribution >= 4 is 11.6 Å². The fraction of sp³-hybridized carbons (Fsp3) is 0.533. The number of nitrogens with one attached hydrogen (secondary N) is 2. The molecule has 0 unspecified atom stereocenters. The van der Waals surface area contributed by atoms with E-state index in [0.717, 1.165) is 56.4 Å². The first-order valence-corrected chi connectivity index (χ1v) is 7.63. The number of hydrogen-bond acceptors (Lipinski definition) is 5. The van der Waals surface area contributed by atoms with Crippen LogP contribution in [0.15, 0.2) is 24.8 Å². The van der Waals surface area contributed by atoms with Gasteiger partial charge >= 0.3 is 0 Å². The fourth-order valence-electron chi connectivity index (χ4n) is 1.99. The van der Waals surface area contributed by atoms with Crippen LogP contribution in [0.5, 0.6) is 0 Å². The van der Waals surface area contributed by atoms with E-state index in [9.17, 15) is 0 Å². The molecule has 0 spiro atoms. The van der Waals surface area contributed by atoms with Crippen molar-refractivity contribution < 1.29 is 0 Å². The SMILES string of the molecule is CCCNc1cc(NCCCn2ccnc2)nc(CC)n1. The Labute approximate surface area is 126 Å². The van der Waals surface area contributed by atoms with E-state index in [-0.39, 0.29) is 0 Å². The van der Waals surface area contributed by atoms with Gasteiger partial charge in [0.25, 0.3) is 0 Å². The fourth-order valence-corrected chi connectivity index (χ4v) is 1.99. The molecule has 6 heteroatoms. The Morgan fingerprint density at radius 2 is 1.86 bits per heavy atom. The minimum atomic E-state index is 0.839. The van der Waals surface area contributed by atoms with Crippen LogP contribution in [0.3, 0.4) is 0 Å². The van der Waals surface area contributed by atoms with Crippen LogP contribution in [-0.2, 0) is 13.0 Å². The lowest BCUT2D eigenvalue weighted by Crippen LogP contribution is -2.10. The summed E-state index contributed by atoms with van der Waals surface area (Å²) in [6.07, 6.45) is 8.57. The first-order chi connectivity index (χ1) is 10.3. The summed E-state index contributed by atoms with van der Waals surface area (Å²) in [5.74, 6) is 2.67. The highest BCUT2D eigenvalue weighted by Crippen LogP contribution is 2.12. The van der Waals surface area contributed by atoms with Gasteiger partial charge in [0.15, 0.2) is 0 Å². The van der Waals surface area contributed by atoms with Crippen LogP contribution >= 0.6 is 0 Å². The summed E-state index contributed by atoms with van der Waals surface area (Å²) in [5.41, 5.74) is 0. The monoisotopic (exact) mass is 288 g/mol. The molecule has 0 saturated carbocycles. The zero-order valence-corrected chi connectivity index (χ0v) is 12.8. The molecular weight excluding hydrogens is 264 g/mol. The van der Waals surface area contributed by atoms with E-state index in [1.54, 1.807) is 6.20 Å². The van der Waals surface area contributed by atoms with Gasteiger partial charge in [0.1, 0.15) is 17.5 Å². The van der Waals surface area contributed by atoms with Crippen molar-refractivity contribution in [2.45, 2.75) is 39.7 Å². The number of hydrogen-bond donors (Lipinski definition) is 2. The highest BCUT2D eigenvalue weighted by molar-refractivity contribution is 5.47. The van der Waals surface area contributed by atoms with E-state index in [1.165, 1.54) is 0 Å². The number of nitrogens with zero attached hydrogens (tertiary/aromatic N) is 4. The Kier molecular flexibility index (Phi) is 5.99. The van der Waals surface area contributed by atoms with Gasteiger partial charge in [-0.25, -0.2) is 15.0 Å². The second-order valence-corrected chi connectivity index (χ2v) is 4.92. The number of aromatic nitrogens is 4. The highest BCUT2D eigenvalue weighted by atomic mass is 15.1. The smallest absolute Gasteiger partial charge is 0.132 e. The molecule has 0 atom stereocenters. The second kappa shape index (κ2) is 8.24. The number of imidazole rings is 1. The van der Waals surface area contributed by atoms with Crippen LogP contribution in [0.25, 0.3) is 0 Å². The maximum absolute atomic E-state index is 4.51. The standard InChI is InChI=1S/C15H24N6/c1-3-6-17-14-11-15(20-13(4-2)19-14)18-7-5-9-21-10-8-16-12-21/h8,10-12H,3-7,9H2,1-2H3,(H2,17,18,19,20). The van der Waals surface area contributed by atoms with E-state index in [4.69, 9.17) is 0 Å². The van der Waals surface area contributed by atoms with Gasteiger partial charge in [-0.15, -0.1) is 0 Å². The molecule has 2 aromatic rings.